The van der Waals surface area contributed by atoms with Crippen molar-refractivity contribution in [1.82, 2.24) is 4.90 Å². The van der Waals surface area contributed by atoms with Crippen molar-refractivity contribution in [3.05, 3.63) is 90.0 Å². The Hall–Kier alpha value is -3.97. The molecule has 34 heavy (non-hydrogen) atoms. The van der Waals surface area contributed by atoms with Gasteiger partial charge in [-0.3, -0.25) is 4.79 Å². The number of azo groups is 1. The molecule has 1 heterocycles. The highest BCUT2D eigenvalue weighted by Crippen LogP contribution is 2.33. The lowest BCUT2D eigenvalue weighted by Gasteiger charge is -2.26. The first-order valence-electron chi connectivity index (χ1n) is 11.1. The molecule has 0 unspecified atom stereocenters. The molecule has 4 rings (SSSR count). The van der Waals surface area contributed by atoms with Gasteiger partial charge in [-0.1, -0.05) is 36.4 Å². The van der Waals surface area contributed by atoms with Crippen LogP contribution in [0.3, 0.4) is 0 Å². The highest BCUT2D eigenvalue weighted by atomic mass is 16.5. The van der Waals surface area contributed by atoms with Crippen LogP contribution >= 0.6 is 0 Å². The van der Waals surface area contributed by atoms with E-state index in [9.17, 15) is 4.79 Å². The zero-order chi connectivity index (χ0) is 23.8. The van der Waals surface area contributed by atoms with Crippen LogP contribution in [0.15, 0.2) is 89.1 Å². The van der Waals surface area contributed by atoms with Crippen molar-refractivity contribution in [3.8, 4) is 11.5 Å². The first-order chi connectivity index (χ1) is 16.7. The van der Waals surface area contributed by atoms with Gasteiger partial charge in [0.05, 0.1) is 38.8 Å². The van der Waals surface area contributed by atoms with Gasteiger partial charge in [0.2, 0.25) is 5.91 Å². The zero-order valence-electron chi connectivity index (χ0n) is 19.3. The number of carbonyl (C=O) groups is 1. The first kappa shape index (κ1) is 23.2. The van der Waals surface area contributed by atoms with E-state index in [0.29, 0.717) is 37.8 Å². The Morgan fingerprint density at radius 2 is 1.44 bits per heavy atom. The maximum Gasteiger partial charge on any atom is 0.247 e. The summed E-state index contributed by atoms with van der Waals surface area (Å²) in [5.41, 5.74) is 4.02. The number of benzene rings is 3. The summed E-state index contributed by atoms with van der Waals surface area (Å²) in [6, 6.07) is 22.8. The van der Waals surface area contributed by atoms with Gasteiger partial charge < -0.3 is 19.1 Å². The van der Waals surface area contributed by atoms with Crippen LogP contribution in [0, 0.1) is 0 Å². The van der Waals surface area contributed by atoms with Crippen LogP contribution in [0.4, 0.5) is 11.4 Å². The van der Waals surface area contributed by atoms with Gasteiger partial charge in [0, 0.05) is 19.2 Å². The molecular formula is C27H27N3O4. The van der Waals surface area contributed by atoms with E-state index in [1.807, 2.05) is 72.8 Å². The number of ether oxygens (including phenoxy) is 3. The minimum Gasteiger partial charge on any atom is -0.493 e. The lowest BCUT2D eigenvalue weighted by atomic mass is 9.96. The normalized spacial score (nSPS) is 14.3. The highest BCUT2D eigenvalue weighted by molar-refractivity contribution is 5.99. The summed E-state index contributed by atoms with van der Waals surface area (Å²) in [6.45, 7) is 2.25. The Kier molecular flexibility index (Phi) is 7.67. The number of rotatable bonds is 7. The molecule has 0 aromatic heterocycles. The Bertz CT molecular complexity index is 1170. The van der Waals surface area contributed by atoms with E-state index in [-0.39, 0.29) is 5.91 Å². The number of methoxy groups -OCH3 is 2. The van der Waals surface area contributed by atoms with Crippen molar-refractivity contribution in [1.29, 1.82) is 0 Å². The third kappa shape index (κ3) is 5.68. The summed E-state index contributed by atoms with van der Waals surface area (Å²) >= 11 is 0. The number of carbonyl (C=O) groups excluding carboxylic acids is 1. The second-order valence-corrected chi connectivity index (χ2v) is 7.65. The molecule has 0 aliphatic carbocycles. The third-order valence-corrected chi connectivity index (χ3v) is 5.50. The van der Waals surface area contributed by atoms with Gasteiger partial charge in [-0.05, 0) is 53.1 Å². The summed E-state index contributed by atoms with van der Waals surface area (Å²) in [4.78, 5) is 14.9. The SMILES string of the molecule is COc1ccc(C(=CC(=O)N2CCOCC2)c2ccc(N=Nc3ccccc3)cc2)cc1OC. The molecule has 0 saturated carbocycles. The minimum atomic E-state index is -0.0547. The molecule has 1 saturated heterocycles. The number of hydrogen-bond donors (Lipinski definition) is 0. The van der Waals surface area contributed by atoms with Crippen LogP contribution in [0.5, 0.6) is 11.5 Å². The molecule has 174 valence electrons. The summed E-state index contributed by atoms with van der Waals surface area (Å²) in [5, 5.41) is 8.58. The van der Waals surface area contributed by atoms with Crippen molar-refractivity contribution >= 4 is 22.9 Å². The maximum atomic E-state index is 13.1. The van der Waals surface area contributed by atoms with E-state index in [2.05, 4.69) is 10.2 Å². The van der Waals surface area contributed by atoms with Gasteiger partial charge >= 0.3 is 0 Å². The third-order valence-electron chi connectivity index (χ3n) is 5.50. The van der Waals surface area contributed by atoms with E-state index in [1.54, 1.807) is 25.2 Å². The predicted molar refractivity (Wildman–Crippen MR) is 131 cm³/mol. The van der Waals surface area contributed by atoms with Gasteiger partial charge in [0.1, 0.15) is 0 Å². The molecule has 1 aliphatic rings. The molecule has 0 radical (unpaired) electrons. The predicted octanol–water partition coefficient (Wildman–Crippen LogP) is 5.41. The largest absolute Gasteiger partial charge is 0.493 e. The van der Waals surface area contributed by atoms with Crippen molar-refractivity contribution in [2.24, 2.45) is 10.2 Å². The summed E-state index contributed by atoms with van der Waals surface area (Å²) in [7, 11) is 3.19. The topological polar surface area (TPSA) is 72.7 Å². The average Bonchev–Trinajstić information content (AvgIpc) is 2.91. The second-order valence-electron chi connectivity index (χ2n) is 7.65. The first-order valence-corrected chi connectivity index (χ1v) is 11.1. The second kappa shape index (κ2) is 11.2. The average molecular weight is 458 g/mol. The minimum absolute atomic E-state index is 0.0547. The van der Waals surface area contributed by atoms with Gasteiger partial charge in [-0.2, -0.15) is 10.2 Å². The molecule has 7 nitrogen and oxygen atoms in total. The van der Waals surface area contributed by atoms with E-state index in [0.717, 1.165) is 28.1 Å². The van der Waals surface area contributed by atoms with Crippen LogP contribution in [-0.2, 0) is 9.53 Å². The molecular weight excluding hydrogens is 430 g/mol. The monoisotopic (exact) mass is 457 g/mol. The molecule has 3 aromatic rings. The quantitative estimate of drug-likeness (QED) is 0.351. The molecule has 0 N–H and O–H groups in total. The Balaban J connectivity index is 1.67. The number of hydrogen-bond acceptors (Lipinski definition) is 6. The van der Waals surface area contributed by atoms with Crippen molar-refractivity contribution in [2.75, 3.05) is 40.5 Å². The summed E-state index contributed by atoms with van der Waals surface area (Å²) in [5.74, 6) is 1.17. The van der Waals surface area contributed by atoms with Crippen molar-refractivity contribution in [3.63, 3.8) is 0 Å². The Labute approximate surface area is 199 Å². The molecule has 3 aromatic carbocycles. The molecule has 1 fully saturated rings. The molecule has 0 atom stereocenters. The van der Waals surface area contributed by atoms with E-state index in [1.165, 1.54) is 0 Å². The number of amides is 1. The molecule has 0 spiro atoms. The van der Waals surface area contributed by atoms with E-state index >= 15 is 0 Å². The molecule has 7 heteroatoms. The van der Waals surface area contributed by atoms with Gasteiger partial charge in [-0.25, -0.2) is 0 Å². The highest BCUT2D eigenvalue weighted by Gasteiger charge is 2.18. The molecule has 1 amide bonds. The molecule has 0 bridgehead atoms. The lowest BCUT2D eigenvalue weighted by Crippen LogP contribution is -2.39. The Morgan fingerprint density at radius 1 is 0.824 bits per heavy atom. The smallest absolute Gasteiger partial charge is 0.247 e. The zero-order valence-corrected chi connectivity index (χ0v) is 19.3. The van der Waals surface area contributed by atoms with Crippen molar-refractivity contribution < 1.29 is 19.0 Å². The van der Waals surface area contributed by atoms with E-state index in [4.69, 9.17) is 14.2 Å². The standard InChI is InChI=1S/C27H27N3O4/c1-32-25-13-10-21(18-26(25)33-2)24(19-27(31)30-14-16-34-17-15-30)20-8-11-23(12-9-20)29-28-22-6-4-3-5-7-22/h3-13,18-19H,14-17H2,1-2H3. The maximum absolute atomic E-state index is 13.1. The van der Waals surface area contributed by atoms with Crippen LogP contribution in [0.1, 0.15) is 11.1 Å². The number of nitrogens with zero attached hydrogens (tertiary/aromatic N) is 3. The van der Waals surface area contributed by atoms with Gasteiger partial charge in [0.25, 0.3) is 0 Å². The summed E-state index contributed by atoms with van der Waals surface area (Å²) in [6.07, 6.45) is 1.67. The fourth-order valence-corrected chi connectivity index (χ4v) is 3.65. The van der Waals surface area contributed by atoms with Gasteiger partial charge in [-0.15, -0.1) is 0 Å². The lowest BCUT2D eigenvalue weighted by molar-refractivity contribution is -0.129. The molecule has 1 aliphatic heterocycles. The van der Waals surface area contributed by atoms with Crippen LogP contribution in [0.2, 0.25) is 0 Å². The van der Waals surface area contributed by atoms with E-state index < -0.39 is 0 Å². The van der Waals surface area contributed by atoms with Crippen LogP contribution in [0.25, 0.3) is 5.57 Å². The fourth-order valence-electron chi connectivity index (χ4n) is 3.65. The fraction of sp³-hybridized carbons (Fsp3) is 0.222. The number of morpholine rings is 1. The van der Waals surface area contributed by atoms with Crippen LogP contribution < -0.4 is 9.47 Å². The summed E-state index contributed by atoms with van der Waals surface area (Å²) < 4.78 is 16.2. The van der Waals surface area contributed by atoms with Crippen molar-refractivity contribution in [2.45, 2.75) is 0 Å². The Morgan fingerprint density at radius 3 is 2.09 bits per heavy atom. The van der Waals surface area contributed by atoms with Crippen LogP contribution in [-0.4, -0.2) is 51.3 Å². The van der Waals surface area contributed by atoms with Gasteiger partial charge in [0.15, 0.2) is 11.5 Å².